The van der Waals surface area contributed by atoms with Crippen LogP contribution in [0.1, 0.15) is 5.56 Å². The highest BCUT2D eigenvalue weighted by atomic mass is 19.4. The molecule has 98 valence electrons. The zero-order valence-corrected chi connectivity index (χ0v) is 9.82. The third-order valence-electron chi connectivity index (χ3n) is 2.41. The van der Waals surface area contributed by atoms with Gasteiger partial charge in [-0.25, -0.2) is 0 Å². The van der Waals surface area contributed by atoms with Crippen molar-refractivity contribution in [1.82, 2.24) is 4.98 Å². The monoisotopic (exact) mass is 265 g/mol. The van der Waals surface area contributed by atoms with Gasteiger partial charge in [-0.15, -0.1) is 13.2 Å². The van der Waals surface area contributed by atoms with Gasteiger partial charge in [0.15, 0.2) is 0 Å². The second-order valence-electron chi connectivity index (χ2n) is 3.75. The lowest BCUT2D eigenvalue weighted by Gasteiger charge is -2.09. The van der Waals surface area contributed by atoms with E-state index in [9.17, 15) is 13.2 Å². The Morgan fingerprint density at radius 1 is 1.05 bits per heavy atom. The van der Waals surface area contributed by atoms with Gasteiger partial charge in [-0.2, -0.15) is 0 Å². The second-order valence-corrected chi connectivity index (χ2v) is 3.75. The SMILES string of the molecule is C=Cc1ccc(-c2ccc(OC(F)(F)F)cc2)nc1. The van der Waals surface area contributed by atoms with Crippen LogP contribution >= 0.6 is 0 Å². The zero-order chi connectivity index (χ0) is 13.9. The maximum Gasteiger partial charge on any atom is 0.573 e. The predicted octanol–water partition coefficient (Wildman–Crippen LogP) is 4.29. The molecule has 0 saturated heterocycles. The molecule has 0 bridgehead atoms. The first kappa shape index (κ1) is 13.1. The number of hydrogen-bond acceptors (Lipinski definition) is 2. The number of hydrogen-bond donors (Lipinski definition) is 0. The quantitative estimate of drug-likeness (QED) is 0.825. The largest absolute Gasteiger partial charge is 0.573 e. The van der Waals surface area contributed by atoms with Crippen LogP contribution in [0.2, 0.25) is 0 Å². The fraction of sp³-hybridized carbons (Fsp3) is 0.0714. The molecular weight excluding hydrogens is 255 g/mol. The predicted molar refractivity (Wildman–Crippen MR) is 66.4 cm³/mol. The van der Waals surface area contributed by atoms with Crippen LogP contribution in [0.15, 0.2) is 49.2 Å². The molecular formula is C14H10F3NO. The van der Waals surface area contributed by atoms with Crippen molar-refractivity contribution in [3.8, 4) is 17.0 Å². The molecule has 0 saturated carbocycles. The maximum absolute atomic E-state index is 12.0. The van der Waals surface area contributed by atoms with Crippen LogP contribution in [0.25, 0.3) is 17.3 Å². The van der Waals surface area contributed by atoms with Crippen LogP contribution in [-0.4, -0.2) is 11.3 Å². The molecule has 5 heteroatoms. The number of rotatable bonds is 3. The van der Waals surface area contributed by atoms with Gasteiger partial charge in [0.2, 0.25) is 0 Å². The molecule has 19 heavy (non-hydrogen) atoms. The fourth-order valence-electron chi connectivity index (χ4n) is 1.52. The lowest BCUT2D eigenvalue weighted by Crippen LogP contribution is -2.16. The second kappa shape index (κ2) is 5.14. The molecule has 0 amide bonds. The summed E-state index contributed by atoms with van der Waals surface area (Å²) >= 11 is 0. The van der Waals surface area contributed by atoms with Gasteiger partial charge in [-0.1, -0.05) is 18.7 Å². The smallest absolute Gasteiger partial charge is 0.406 e. The van der Waals surface area contributed by atoms with E-state index in [2.05, 4.69) is 16.3 Å². The standard InChI is InChI=1S/C14H10F3NO/c1-2-10-3-8-13(18-9-10)11-4-6-12(7-5-11)19-14(15,16)17/h2-9H,1H2. The number of nitrogens with zero attached hydrogens (tertiary/aromatic N) is 1. The molecule has 0 radical (unpaired) electrons. The number of benzene rings is 1. The summed E-state index contributed by atoms with van der Waals surface area (Å²) in [5.74, 6) is -0.251. The van der Waals surface area contributed by atoms with E-state index in [1.54, 1.807) is 18.3 Å². The Morgan fingerprint density at radius 3 is 2.21 bits per heavy atom. The molecule has 0 aliphatic heterocycles. The van der Waals surface area contributed by atoms with E-state index >= 15 is 0 Å². The summed E-state index contributed by atoms with van der Waals surface area (Å²) in [6, 6.07) is 9.16. The van der Waals surface area contributed by atoms with Crippen molar-refractivity contribution in [1.29, 1.82) is 0 Å². The molecule has 0 aliphatic rings. The highest BCUT2D eigenvalue weighted by molar-refractivity contribution is 5.61. The minimum absolute atomic E-state index is 0.251. The minimum atomic E-state index is -4.68. The average Bonchev–Trinajstić information content (AvgIpc) is 2.38. The van der Waals surface area contributed by atoms with Gasteiger partial charge in [0.05, 0.1) is 5.69 Å². The normalized spacial score (nSPS) is 11.1. The number of halogens is 3. The van der Waals surface area contributed by atoms with Crippen molar-refractivity contribution in [2.45, 2.75) is 6.36 Å². The van der Waals surface area contributed by atoms with Gasteiger partial charge in [-0.3, -0.25) is 4.98 Å². The van der Waals surface area contributed by atoms with E-state index in [-0.39, 0.29) is 5.75 Å². The average molecular weight is 265 g/mol. The summed E-state index contributed by atoms with van der Waals surface area (Å²) < 4.78 is 39.8. The lowest BCUT2D eigenvalue weighted by molar-refractivity contribution is -0.274. The van der Waals surface area contributed by atoms with Gasteiger partial charge < -0.3 is 4.74 Å². The number of ether oxygens (including phenoxy) is 1. The summed E-state index contributed by atoms with van der Waals surface area (Å²) in [6.45, 7) is 3.62. The lowest BCUT2D eigenvalue weighted by atomic mass is 10.1. The zero-order valence-electron chi connectivity index (χ0n) is 9.82. The molecule has 0 atom stereocenters. The Morgan fingerprint density at radius 2 is 1.74 bits per heavy atom. The molecule has 0 unspecified atom stereocenters. The van der Waals surface area contributed by atoms with Crippen molar-refractivity contribution in [3.05, 3.63) is 54.7 Å². The van der Waals surface area contributed by atoms with Crippen molar-refractivity contribution < 1.29 is 17.9 Å². The topological polar surface area (TPSA) is 22.1 Å². The molecule has 1 aromatic heterocycles. The molecule has 0 spiro atoms. The number of aromatic nitrogens is 1. The van der Waals surface area contributed by atoms with Gasteiger partial charge in [0, 0.05) is 11.8 Å². The highest BCUT2D eigenvalue weighted by Crippen LogP contribution is 2.25. The van der Waals surface area contributed by atoms with E-state index in [1.807, 2.05) is 6.07 Å². The number of pyridine rings is 1. The highest BCUT2D eigenvalue weighted by Gasteiger charge is 2.30. The van der Waals surface area contributed by atoms with E-state index < -0.39 is 6.36 Å². The van der Waals surface area contributed by atoms with E-state index in [1.165, 1.54) is 24.3 Å². The number of alkyl halides is 3. The molecule has 1 aromatic carbocycles. The molecule has 2 aromatic rings. The maximum atomic E-state index is 12.0. The third kappa shape index (κ3) is 3.58. The van der Waals surface area contributed by atoms with Crippen molar-refractivity contribution in [2.24, 2.45) is 0 Å². The summed E-state index contributed by atoms with van der Waals surface area (Å²) in [7, 11) is 0. The van der Waals surface area contributed by atoms with Crippen LogP contribution in [0.3, 0.4) is 0 Å². The molecule has 2 nitrogen and oxygen atoms in total. The summed E-state index contributed by atoms with van der Waals surface area (Å²) in [5.41, 5.74) is 2.26. The summed E-state index contributed by atoms with van der Waals surface area (Å²) in [4.78, 5) is 4.19. The Labute approximate surface area is 108 Å². The van der Waals surface area contributed by atoms with Crippen molar-refractivity contribution in [3.63, 3.8) is 0 Å². The van der Waals surface area contributed by atoms with E-state index in [0.29, 0.717) is 11.3 Å². The molecule has 0 N–H and O–H groups in total. The van der Waals surface area contributed by atoms with Crippen LogP contribution in [-0.2, 0) is 0 Å². The van der Waals surface area contributed by atoms with E-state index in [4.69, 9.17) is 0 Å². The van der Waals surface area contributed by atoms with Gasteiger partial charge in [0.1, 0.15) is 5.75 Å². The van der Waals surface area contributed by atoms with Crippen molar-refractivity contribution in [2.75, 3.05) is 0 Å². The Bertz CT molecular complexity index is 559. The molecule has 0 aliphatic carbocycles. The first-order chi connectivity index (χ1) is 8.98. The third-order valence-corrected chi connectivity index (χ3v) is 2.41. The van der Waals surface area contributed by atoms with E-state index in [0.717, 1.165) is 5.56 Å². The Kier molecular flexibility index (Phi) is 3.55. The van der Waals surface area contributed by atoms with Crippen LogP contribution < -0.4 is 4.74 Å². The van der Waals surface area contributed by atoms with Crippen LogP contribution in [0.4, 0.5) is 13.2 Å². The first-order valence-corrected chi connectivity index (χ1v) is 5.42. The minimum Gasteiger partial charge on any atom is -0.406 e. The van der Waals surface area contributed by atoms with Crippen molar-refractivity contribution >= 4 is 6.08 Å². The molecule has 0 fully saturated rings. The Hall–Kier alpha value is -2.30. The van der Waals surface area contributed by atoms with Gasteiger partial charge in [-0.05, 0) is 35.9 Å². The van der Waals surface area contributed by atoms with Crippen LogP contribution in [0, 0.1) is 0 Å². The summed E-state index contributed by atoms with van der Waals surface area (Å²) in [5, 5.41) is 0. The molecule has 1 heterocycles. The molecule has 2 rings (SSSR count). The van der Waals surface area contributed by atoms with Crippen LogP contribution in [0.5, 0.6) is 5.75 Å². The summed E-state index contributed by atoms with van der Waals surface area (Å²) in [6.07, 6.45) is -1.37. The first-order valence-electron chi connectivity index (χ1n) is 5.42. The fourth-order valence-corrected chi connectivity index (χ4v) is 1.52. The van der Waals surface area contributed by atoms with Gasteiger partial charge >= 0.3 is 6.36 Å². The van der Waals surface area contributed by atoms with Gasteiger partial charge in [0.25, 0.3) is 0 Å². The Balaban J connectivity index is 2.19.